The Balaban J connectivity index is 2.27. The molecule has 21 heavy (non-hydrogen) atoms. The minimum Gasteiger partial charge on any atom is -0.453 e. The van der Waals surface area contributed by atoms with Gasteiger partial charge in [-0.2, -0.15) is 4.39 Å². The van der Waals surface area contributed by atoms with Gasteiger partial charge in [-0.25, -0.2) is 4.39 Å². The highest BCUT2D eigenvalue weighted by Gasteiger charge is 2.15. The molecular weight excluding hydrogens is 274 g/mol. The van der Waals surface area contributed by atoms with Gasteiger partial charge in [-0.3, -0.25) is 4.79 Å². The molecule has 0 bridgehead atoms. The van der Waals surface area contributed by atoms with Gasteiger partial charge in [-0.05, 0) is 35.0 Å². The summed E-state index contributed by atoms with van der Waals surface area (Å²) in [5.41, 5.74) is -0.464. The normalized spacial score (nSPS) is 11.5. The van der Waals surface area contributed by atoms with Gasteiger partial charge in [0.15, 0.2) is 11.4 Å². The van der Waals surface area contributed by atoms with E-state index in [4.69, 9.17) is 4.42 Å². The van der Waals surface area contributed by atoms with E-state index in [0.29, 0.717) is 5.39 Å². The van der Waals surface area contributed by atoms with Crippen molar-refractivity contribution in [3.8, 4) is 0 Å². The Labute approximate surface area is 117 Å². The van der Waals surface area contributed by atoms with E-state index >= 15 is 0 Å². The van der Waals surface area contributed by atoms with Crippen molar-refractivity contribution in [3.05, 3.63) is 70.4 Å². The first-order chi connectivity index (χ1) is 10.1. The fraction of sp³-hybridized carbons (Fsp3) is 0. The van der Waals surface area contributed by atoms with Crippen LogP contribution < -0.4 is 5.43 Å². The van der Waals surface area contributed by atoms with Gasteiger partial charge in [0, 0.05) is 0 Å². The van der Waals surface area contributed by atoms with Crippen molar-refractivity contribution in [2.75, 3.05) is 0 Å². The molecule has 3 aromatic carbocycles. The van der Waals surface area contributed by atoms with Crippen LogP contribution in [-0.2, 0) is 0 Å². The third-order valence-electron chi connectivity index (χ3n) is 3.60. The molecule has 0 N–H and O–H groups in total. The second kappa shape index (κ2) is 4.12. The lowest BCUT2D eigenvalue weighted by molar-refractivity contribution is 0.496. The van der Waals surface area contributed by atoms with E-state index in [-0.39, 0.29) is 22.0 Å². The third-order valence-corrected chi connectivity index (χ3v) is 3.60. The Morgan fingerprint density at radius 3 is 2.33 bits per heavy atom. The molecule has 1 aromatic heterocycles. The van der Waals surface area contributed by atoms with Gasteiger partial charge < -0.3 is 4.42 Å². The van der Waals surface area contributed by atoms with E-state index < -0.39 is 11.6 Å². The zero-order valence-corrected chi connectivity index (χ0v) is 10.7. The van der Waals surface area contributed by atoms with Crippen molar-refractivity contribution >= 4 is 32.7 Å². The topological polar surface area (TPSA) is 30.2 Å². The molecule has 102 valence electrons. The molecule has 0 saturated heterocycles. The molecule has 0 saturated carbocycles. The van der Waals surface area contributed by atoms with Crippen LogP contribution in [0.1, 0.15) is 0 Å². The summed E-state index contributed by atoms with van der Waals surface area (Å²) in [6, 6.07) is 13.0. The van der Waals surface area contributed by atoms with E-state index in [1.165, 1.54) is 6.07 Å². The highest BCUT2D eigenvalue weighted by Crippen LogP contribution is 2.26. The van der Waals surface area contributed by atoms with Crippen molar-refractivity contribution in [3.63, 3.8) is 0 Å². The molecule has 0 aliphatic carbocycles. The number of rotatable bonds is 0. The lowest BCUT2D eigenvalue weighted by Gasteiger charge is -2.04. The molecule has 4 heteroatoms. The second-order valence-corrected chi connectivity index (χ2v) is 4.86. The van der Waals surface area contributed by atoms with Crippen LogP contribution in [0.3, 0.4) is 0 Å². The number of hydrogen-bond acceptors (Lipinski definition) is 2. The summed E-state index contributed by atoms with van der Waals surface area (Å²) in [7, 11) is 0. The Hall–Kier alpha value is -2.75. The van der Waals surface area contributed by atoms with Gasteiger partial charge in [-0.15, -0.1) is 0 Å². The maximum atomic E-state index is 13.8. The van der Waals surface area contributed by atoms with Crippen molar-refractivity contribution in [1.82, 2.24) is 0 Å². The molecule has 0 amide bonds. The van der Waals surface area contributed by atoms with Gasteiger partial charge in [-0.1, -0.05) is 24.3 Å². The SMILES string of the molecule is O=c1c2cc3ccccc3cc2oc2c(F)c(F)ccc12. The van der Waals surface area contributed by atoms with Crippen LogP contribution in [0, 0.1) is 11.6 Å². The van der Waals surface area contributed by atoms with E-state index in [1.807, 2.05) is 24.3 Å². The van der Waals surface area contributed by atoms with Crippen molar-refractivity contribution in [2.24, 2.45) is 0 Å². The average molecular weight is 282 g/mol. The highest BCUT2D eigenvalue weighted by molar-refractivity contribution is 5.99. The Morgan fingerprint density at radius 2 is 1.57 bits per heavy atom. The van der Waals surface area contributed by atoms with Gasteiger partial charge in [0.05, 0.1) is 10.8 Å². The van der Waals surface area contributed by atoms with Gasteiger partial charge in [0.1, 0.15) is 5.58 Å². The number of hydrogen-bond donors (Lipinski definition) is 0. The summed E-state index contributed by atoms with van der Waals surface area (Å²) in [6.45, 7) is 0. The van der Waals surface area contributed by atoms with Crippen LogP contribution in [0.15, 0.2) is 57.7 Å². The molecule has 0 aliphatic heterocycles. The van der Waals surface area contributed by atoms with Gasteiger partial charge in [0.2, 0.25) is 11.2 Å². The van der Waals surface area contributed by atoms with E-state index in [9.17, 15) is 13.6 Å². The van der Waals surface area contributed by atoms with Crippen LogP contribution in [-0.4, -0.2) is 0 Å². The lowest BCUT2D eigenvalue weighted by Crippen LogP contribution is -2.04. The molecule has 0 fully saturated rings. The molecule has 0 aliphatic rings. The van der Waals surface area contributed by atoms with Gasteiger partial charge >= 0.3 is 0 Å². The predicted molar refractivity (Wildman–Crippen MR) is 77.4 cm³/mol. The van der Waals surface area contributed by atoms with E-state index in [0.717, 1.165) is 16.8 Å². The van der Waals surface area contributed by atoms with Crippen molar-refractivity contribution < 1.29 is 13.2 Å². The fourth-order valence-corrected chi connectivity index (χ4v) is 2.55. The Kier molecular flexibility index (Phi) is 2.36. The molecule has 4 rings (SSSR count). The summed E-state index contributed by atoms with van der Waals surface area (Å²) < 4.78 is 32.5. The number of fused-ring (bicyclic) bond motifs is 3. The van der Waals surface area contributed by atoms with Crippen LogP contribution >= 0.6 is 0 Å². The summed E-state index contributed by atoms with van der Waals surface area (Å²) >= 11 is 0. The number of benzene rings is 3. The zero-order valence-electron chi connectivity index (χ0n) is 10.7. The molecule has 0 radical (unpaired) electrons. The first-order valence-corrected chi connectivity index (χ1v) is 6.38. The van der Waals surface area contributed by atoms with Crippen LogP contribution in [0.4, 0.5) is 8.78 Å². The smallest absolute Gasteiger partial charge is 0.202 e. The first kappa shape index (κ1) is 12.0. The summed E-state index contributed by atoms with van der Waals surface area (Å²) in [5, 5.41) is 2.15. The molecule has 0 atom stereocenters. The minimum absolute atomic E-state index is 0.0386. The quantitative estimate of drug-likeness (QED) is 0.448. The maximum absolute atomic E-state index is 13.8. The molecular formula is C17H8F2O2. The highest BCUT2D eigenvalue weighted by atomic mass is 19.2. The summed E-state index contributed by atoms with van der Waals surface area (Å²) in [4.78, 5) is 12.4. The number of halogens is 2. The Bertz CT molecular complexity index is 1080. The maximum Gasteiger partial charge on any atom is 0.202 e. The lowest BCUT2D eigenvalue weighted by atomic mass is 10.1. The fourth-order valence-electron chi connectivity index (χ4n) is 2.55. The van der Waals surface area contributed by atoms with Crippen molar-refractivity contribution in [2.45, 2.75) is 0 Å². The van der Waals surface area contributed by atoms with Crippen LogP contribution in [0.25, 0.3) is 32.7 Å². The monoisotopic (exact) mass is 282 g/mol. The van der Waals surface area contributed by atoms with Crippen molar-refractivity contribution in [1.29, 1.82) is 0 Å². The molecule has 4 aromatic rings. The van der Waals surface area contributed by atoms with Crippen LogP contribution in [0.2, 0.25) is 0 Å². The standard InChI is InChI=1S/C17H8F2O2/c18-13-6-5-11-16(20)12-7-9-3-1-2-4-10(9)8-14(12)21-17(11)15(13)19/h1-8H. The van der Waals surface area contributed by atoms with E-state index in [1.54, 1.807) is 12.1 Å². The van der Waals surface area contributed by atoms with Crippen LogP contribution in [0.5, 0.6) is 0 Å². The second-order valence-electron chi connectivity index (χ2n) is 4.86. The molecule has 1 heterocycles. The van der Waals surface area contributed by atoms with E-state index in [2.05, 4.69) is 0 Å². The molecule has 2 nitrogen and oxygen atoms in total. The first-order valence-electron chi connectivity index (χ1n) is 6.38. The average Bonchev–Trinajstić information content (AvgIpc) is 2.50. The third kappa shape index (κ3) is 1.65. The molecule has 0 spiro atoms. The minimum atomic E-state index is -1.14. The molecule has 0 unspecified atom stereocenters. The zero-order chi connectivity index (χ0) is 14.6. The van der Waals surface area contributed by atoms with Gasteiger partial charge in [0.25, 0.3) is 0 Å². The largest absolute Gasteiger partial charge is 0.453 e. The summed E-state index contributed by atoms with van der Waals surface area (Å²) in [5.74, 6) is -2.18. The Morgan fingerprint density at radius 1 is 0.857 bits per heavy atom. The predicted octanol–water partition coefficient (Wildman–Crippen LogP) is 4.38. The summed E-state index contributed by atoms with van der Waals surface area (Å²) in [6.07, 6.45) is 0.